The van der Waals surface area contributed by atoms with Gasteiger partial charge in [-0.15, -0.1) is 0 Å². The lowest BCUT2D eigenvalue weighted by Gasteiger charge is -2.21. The van der Waals surface area contributed by atoms with Crippen molar-refractivity contribution in [1.82, 2.24) is 0 Å². The van der Waals surface area contributed by atoms with E-state index in [9.17, 15) is 13.2 Å². The number of ether oxygens (including phenoxy) is 3. The smallest absolute Gasteiger partial charge is 0.271 e. The van der Waals surface area contributed by atoms with Crippen LogP contribution in [0.4, 0.5) is 5.69 Å². The van der Waals surface area contributed by atoms with Crippen LogP contribution in [0, 0.1) is 0 Å². The molecule has 1 amide bonds. The first-order valence-corrected chi connectivity index (χ1v) is 11.6. The van der Waals surface area contributed by atoms with Gasteiger partial charge in [0.15, 0.2) is 11.5 Å². The van der Waals surface area contributed by atoms with Gasteiger partial charge < -0.3 is 14.2 Å². The van der Waals surface area contributed by atoms with Crippen LogP contribution in [0.3, 0.4) is 0 Å². The molecule has 0 aromatic heterocycles. The zero-order valence-electron chi connectivity index (χ0n) is 18.6. The van der Waals surface area contributed by atoms with E-state index in [2.05, 4.69) is 0 Å². The topological polar surface area (TPSA) is 82.1 Å². The molecule has 0 aliphatic carbocycles. The van der Waals surface area contributed by atoms with E-state index in [0.29, 0.717) is 29.4 Å². The average Bonchev–Trinajstić information content (AvgIpc) is 2.84. The Hall–Kier alpha value is -3.78. The predicted molar refractivity (Wildman–Crippen MR) is 127 cm³/mol. The van der Waals surface area contributed by atoms with Gasteiger partial charge >= 0.3 is 0 Å². The summed E-state index contributed by atoms with van der Waals surface area (Å²) in [7, 11) is -1.13. The Bertz CT molecular complexity index is 1220. The highest BCUT2D eigenvalue weighted by atomic mass is 32.2. The molecule has 33 heavy (non-hydrogen) atoms. The fourth-order valence-electron chi connectivity index (χ4n) is 3.10. The molecular weight excluding hydrogens is 442 g/mol. The van der Waals surface area contributed by atoms with Crippen molar-refractivity contribution in [2.24, 2.45) is 0 Å². The summed E-state index contributed by atoms with van der Waals surface area (Å²) < 4.78 is 43.5. The fourth-order valence-corrected chi connectivity index (χ4v) is 4.51. The van der Waals surface area contributed by atoms with Crippen LogP contribution in [0.5, 0.6) is 17.2 Å². The van der Waals surface area contributed by atoms with Gasteiger partial charge in [0.25, 0.3) is 15.9 Å². The van der Waals surface area contributed by atoms with Crippen LogP contribution >= 0.6 is 0 Å². The SMILES string of the molecule is CCOc1ccc(/C=C/C(=O)N(c2ccc(OC)cc2)S(=O)(=O)c2ccccc2)cc1OC. The molecule has 0 unspecified atom stereocenters. The average molecular weight is 468 g/mol. The lowest BCUT2D eigenvalue weighted by atomic mass is 10.2. The molecule has 0 saturated carbocycles. The number of anilines is 1. The molecule has 3 aromatic carbocycles. The molecule has 0 saturated heterocycles. The summed E-state index contributed by atoms with van der Waals surface area (Å²) in [5.41, 5.74) is 0.842. The molecule has 0 aliphatic rings. The van der Waals surface area contributed by atoms with E-state index in [1.165, 1.54) is 50.6 Å². The highest BCUT2D eigenvalue weighted by Gasteiger charge is 2.29. The van der Waals surface area contributed by atoms with Crippen LogP contribution in [-0.2, 0) is 14.8 Å². The maximum atomic E-state index is 13.4. The molecule has 0 bridgehead atoms. The fraction of sp³-hybridized carbons (Fsp3) is 0.160. The third kappa shape index (κ3) is 5.53. The number of nitrogens with zero attached hydrogens (tertiary/aromatic N) is 1. The van der Waals surface area contributed by atoms with Gasteiger partial charge in [-0.25, -0.2) is 8.42 Å². The second-order valence-corrected chi connectivity index (χ2v) is 8.58. The van der Waals surface area contributed by atoms with E-state index in [-0.39, 0.29) is 10.6 Å². The lowest BCUT2D eigenvalue weighted by Crippen LogP contribution is -2.35. The predicted octanol–water partition coefficient (Wildman–Crippen LogP) is 4.54. The normalized spacial score (nSPS) is 11.2. The molecule has 8 heteroatoms. The van der Waals surface area contributed by atoms with Gasteiger partial charge in [-0.05, 0) is 67.1 Å². The summed E-state index contributed by atoms with van der Waals surface area (Å²) in [6.07, 6.45) is 2.73. The first-order valence-electron chi connectivity index (χ1n) is 10.2. The van der Waals surface area contributed by atoms with Crippen molar-refractivity contribution in [2.75, 3.05) is 25.1 Å². The summed E-state index contributed by atoms with van der Waals surface area (Å²) in [6.45, 7) is 2.35. The molecule has 0 aliphatic heterocycles. The van der Waals surface area contributed by atoms with Gasteiger partial charge in [0.05, 0.1) is 31.4 Å². The Kier molecular flexibility index (Phi) is 7.74. The molecule has 0 fully saturated rings. The van der Waals surface area contributed by atoms with Crippen LogP contribution in [0.2, 0.25) is 0 Å². The Morgan fingerprint density at radius 1 is 0.909 bits per heavy atom. The number of methoxy groups -OCH3 is 2. The number of carbonyl (C=O) groups excluding carboxylic acids is 1. The summed E-state index contributed by atoms with van der Waals surface area (Å²) in [5.74, 6) is 0.905. The molecule has 0 heterocycles. The minimum absolute atomic E-state index is 0.00491. The Morgan fingerprint density at radius 3 is 2.21 bits per heavy atom. The van der Waals surface area contributed by atoms with Crippen LogP contribution in [0.15, 0.2) is 83.8 Å². The molecule has 0 spiro atoms. The van der Waals surface area contributed by atoms with Crippen molar-refractivity contribution in [3.63, 3.8) is 0 Å². The maximum Gasteiger partial charge on any atom is 0.271 e. The van der Waals surface area contributed by atoms with Crippen LogP contribution in [-0.4, -0.2) is 35.2 Å². The minimum atomic E-state index is -4.16. The molecule has 0 N–H and O–H groups in total. The molecule has 0 atom stereocenters. The van der Waals surface area contributed by atoms with Gasteiger partial charge in [0, 0.05) is 6.08 Å². The zero-order chi connectivity index (χ0) is 23.8. The van der Waals surface area contributed by atoms with Crippen molar-refractivity contribution >= 4 is 27.7 Å². The molecule has 172 valence electrons. The second kappa shape index (κ2) is 10.7. The van der Waals surface area contributed by atoms with Crippen LogP contribution < -0.4 is 18.5 Å². The van der Waals surface area contributed by atoms with Gasteiger partial charge in [0.1, 0.15) is 5.75 Å². The van der Waals surface area contributed by atoms with Crippen molar-refractivity contribution in [2.45, 2.75) is 11.8 Å². The highest BCUT2D eigenvalue weighted by molar-refractivity contribution is 7.93. The number of carbonyl (C=O) groups is 1. The molecule has 0 radical (unpaired) electrons. The van der Waals surface area contributed by atoms with E-state index in [1.54, 1.807) is 48.5 Å². The summed E-state index contributed by atoms with van der Waals surface area (Å²) in [6, 6.07) is 19.2. The number of hydrogen-bond acceptors (Lipinski definition) is 6. The summed E-state index contributed by atoms with van der Waals surface area (Å²) >= 11 is 0. The highest BCUT2D eigenvalue weighted by Crippen LogP contribution is 2.29. The van der Waals surface area contributed by atoms with Gasteiger partial charge in [0.2, 0.25) is 0 Å². The first kappa shape index (κ1) is 23.9. The summed E-state index contributed by atoms with van der Waals surface area (Å²) in [5, 5.41) is 0. The Balaban J connectivity index is 1.99. The number of amides is 1. The lowest BCUT2D eigenvalue weighted by molar-refractivity contribution is -0.113. The monoisotopic (exact) mass is 467 g/mol. The zero-order valence-corrected chi connectivity index (χ0v) is 19.4. The molecule has 3 aromatic rings. The van der Waals surface area contributed by atoms with Crippen molar-refractivity contribution in [3.05, 3.63) is 84.4 Å². The number of sulfonamides is 1. The van der Waals surface area contributed by atoms with Crippen molar-refractivity contribution in [1.29, 1.82) is 0 Å². The van der Waals surface area contributed by atoms with E-state index >= 15 is 0 Å². The van der Waals surface area contributed by atoms with Gasteiger partial charge in [-0.2, -0.15) is 4.31 Å². The van der Waals surface area contributed by atoms with Crippen molar-refractivity contribution in [3.8, 4) is 17.2 Å². The van der Waals surface area contributed by atoms with Crippen LogP contribution in [0.25, 0.3) is 6.08 Å². The largest absolute Gasteiger partial charge is 0.497 e. The van der Waals surface area contributed by atoms with E-state index in [4.69, 9.17) is 14.2 Å². The first-order chi connectivity index (χ1) is 15.9. The second-order valence-electron chi connectivity index (χ2n) is 6.80. The third-order valence-corrected chi connectivity index (χ3v) is 6.43. The number of rotatable bonds is 9. The standard InChI is InChI=1S/C25H25NO6S/c1-4-32-23-16-10-19(18-24(23)31-3)11-17-25(27)26(20-12-14-21(30-2)15-13-20)33(28,29)22-8-6-5-7-9-22/h5-18H,4H2,1-3H3/b17-11+. The quantitative estimate of drug-likeness (QED) is 0.430. The minimum Gasteiger partial charge on any atom is -0.497 e. The van der Waals surface area contributed by atoms with Gasteiger partial charge in [-0.1, -0.05) is 24.3 Å². The van der Waals surface area contributed by atoms with Crippen LogP contribution in [0.1, 0.15) is 12.5 Å². The van der Waals surface area contributed by atoms with E-state index in [1.807, 2.05) is 6.92 Å². The number of hydrogen-bond donors (Lipinski definition) is 0. The maximum absolute atomic E-state index is 13.4. The molecular formula is C25H25NO6S. The summed E-state index contributed by atoms with van der Waals surface area (Å²) in [4.78, 5) is 13.2. The van der Waals surface area contributed by atoms with E-state index in [0.717, 1.165) is 4.31 Å². The van der Waals surface area contributed by atoms with Gasteiger partial charge in [-0.3, -0.25) is 4.79 Å². The Labute approximate surface area is 193 Å². The molecule has 7 nitrogen and oxygen atoms in total. The number of benzene rings is 3. The van der Waals surface area contributed by atoms with Crippen molar-refractivity contribution < 1.29 is 27.4 Å². The Morgan fingerprint density at radius 2 is 1.61 bits per heavy atom. The molecule has 3 rings (SSSR count). The van der Waals surface area contributed by atoms with E-state index < -0.39 is 15.9 Å². The third-order valence-electron chi connectivity index (χ3n) is 4.69.